The summed E-state index contributed by atoms with van der Waals surface area (Å²) in [6, 6.07) is 0. The van der Waals surface area contributed by atoms with Gasteiger partial charge in [-0.25, -0.2) is 0 Å². The van der Waals surface area contributed by atoms with Crippen LogP contribution < -0.4 is 0 Å². The Labute approximate surface area is 101 Å². The minimum absolute atomic E-state index is 0.176. The molecular weight excluding hydrogens is 228 g/mol. The van der Waals surface area contributed by atoms with Crippen LogP contribution in [0.15, 0.2) is 0 Å². The van der Waals surface area contributed by atoms with Crippen molar-refractivity contribution in [2.45, 2.75) is 26.2 Å². The first-order valence-electron chi connectivity index (χ1n) is 5.25. The zero-order valence-electron chi connectivity index (χ0n) is 9.92. The van der Waals surface area contributed by atoms with Crippen LogP contribution in [0.3, 0.4) is 0 Å². The average Bonchev–Trinajstić information content (AvgIpc) is 2.46. The van der Waals surface area contributed by atoms with Crippen LogP contribution in [-0.2, 0) is 23.0 Å². The molecule has 0 fully saturated rings. The molecule has 5 heteroatoms. The van der Waals surface area contributed by atoms with Gasteiger partial charge in [-0.15, -0.1) is 0 Å². The standard InChI is InChI=1S/C11H17ClN2O2/c1-8-10(11(12)14(2)13-8)7-9(15)5-4-6-16-3/h4-7H2,1-3H3. The summed E-state index contributed by atoms with van der Waals surface area (Å²) in [5.74, 6) is 0.176. The number of carbonyl (C=O) groups is 1. The normalized spacial score (nSPS) is 10.8. The van der Waals surface area contributed by atoms with Gasteiger partial charge in [0.05, 0.1) is 5.69 Å². The Bertz CT molecular complexity index is 374. The van der Waals surface area contributed by atoms with E-state index in [1.165, 1.54) is 0 Å². The van der Waals surface area contributed by atoms with E-state index in [-0.39, 0.29) is 5.78 Å². The molecule has 0 aliphatic rings. The number of aryl methyl sites for hydroxylation is 2. The maximum Gasteiger partial charge on any atom is 0.137 e. The topological polar surface area (TPSA) is 44.1 Å². The van der Waals surface area contributed by atoms with Gasteiger partial charge in [0.1, 0.15) is 10.9 Å². The van der Waals surface area contributed by atoms with Gasteiger partial charge >= 0.3 is 0 Å². The third-order valence-corrected chi connectivity index (χ3v) is 2.92. The van der Waals surface area contributed by atoms with E-state index in [1.54, 1.807) is 18.8 Å². The fraction of sp³-hybridized carbons (Fsp3) is 0.636. The highest BCUT2D eigenvalue weighted by molar-refractivity contribution is 6.30. The largest absolute Gasteiger partial charge is 0.385 e. The molecule has 1 aromatic heterocycles. The van der Waals surface area contributed by atoms with E-state index in [9.17, 15) is 4.79 Å². The minimum Gasteiger partial charge on any atom is -0.385 e. The average molecular weight is 245 g/mol. The summed E-state index contributed by atoms with van der Waals surface area (Å²) in [7, 11) is 3.40. The highest BCUT2D eigenvalue weighted by atomic mass is 35.5. The minimum atomic E-state index is 0.176. The van der Waals surface area contributed by atoms with Crippen LogP contribution in [0, 0.1) is 6.92 Å². The summed E-state index contributed by atoms with van der Waals surface area (Å²) in [5, 5.41) is 4.72. The molecule has 0 radical (unpaired) electrons. The third-order valence-electron chi connectivity index (χ3n) is 2.45. The molecule has 0 N–H and O–H groups in total. The summed E-state index contributed by atoms with van der Waals surface area (Å²) >= 11 is 6.04. The van der Waals surface area contributed by atoms with Crippen LogP contribution >= 0.6 is 11.6 Å². The van der Waals surface area contributed by atoms with Gasteiger partial charge in [0.15, 0.2) is 0 Å². The quantitative estimate of drug-likeness (QED) is 0.719. The molecule has 0 saturated heterocycles. The Morgan fingerprint density at radius 3 is 2.75 bits per heavy atom. The highest BCUT2D eigenvalue weighted by Crippen LogP contribution is 2.19. The van der Waals surface area contributed by atoms with Crippen molar-refractivity contribution >= 4 is 17.4 Å². The summed E-state index contributed by atoms with van der Waals surface area (Å²) in [6.45, 7) is 2.48. The van der Waals surface area contributed by atoms with E-state index in [1.807, 2.05) is 6.92 Å². The fourth-order valence-corrected chi connectivity index (χ4v) is 1.82. The Kier molecular flexibility index (Phi) is 4.96. The lowest BCUT2D eigenvalue weighted by molar-refractivity contribution is -0.118. The van der Waals surface area contributed by atoms with Crippen molar-refractivity contribution < 1.29 is 9.53 Å². The second-order valence-electron chi connectivity index (χ2n) is 3.79. The number of hydrogen-bond donors (Lipinski definition) is 0. The van der Waals surface area contributed by atoms with E-state index >= 15 is 0 Å². The van der Waals surface area contributed by atoms with Gasteiger partial charge in [-0.1, -0.05) is 11.6 Å². The number of ketones is 1. The van der Waals surface area contributed by atoms with Crippen molar-refractivity contribution in [3.63, 3.8) is 0 Å². The molecule has 0 aliphatic carbocycles. The van der Waals surface area contributed by atoms with Gasteiger partial charge in [-0.05, 0) is 13.3 Å². The highest BCUT2D eigenvalue weighted by Gasteiger charge is 2.14. The smallest absolute Gasteiger partial charge is 0.137 e. The lowest BCUT2D eigenvalue weighted by Gasteiger charge is -2.01. The molecule has 0 unspecified atom stereocenters. The Morgan fingerprint density at radius 1 is 1.56 bits per heavy atom. The molecule has 0 aromatic carbocycles. The lowest BCUT2D eigenvalue weighted by atomic mass is 10.1. The lowest BCUT2D eigenvalue weighted by Crippen LogP contribution is -2.05. The van der Waals surface area contributed by atoms with Crippen molar-refractivity contribution in [3.8, 4) is 0 Å². The first-order valence-corrected chi connectivity index (χ1v) is 5.62. The Balaban J connectivity index is 2.56. The number of Topliss-reactive ketones (excluding diaryl/α,β-unsaturated/α-hetero) is 1. The molecule has 0 saturated carbocycles. The Hall–Kier alpha value is -0.870. The number of carbonyl (C=O) groups excluding carboxylic acids is 1. The van der Waals surface area contributed by atoms with Crippen LogP contribution in [-0.4, -0.2) is 29.3 Å². The van der Waals surface area contributed by atoms with E-state index in [0.29, 0.717) is 24.6 Å². The number of halogens is 1. The second kappa shape index (κ2) is 6.01. The number of rotatable bonds is 6. The molecule has 1 rings (SSSR count). The van der Waals surface area contributed by atoms with E-state index in [0.717, 1.165) is 17.7 Å². The second-order valence-corrected chi connectivity index (χ2v) is 4.15. The molecule has 0 spiro atoms. The number of nitrogens with zero attached hydrogens (tertiary/aromatic N) is 2. The summed E-state index contributed by atoms with van der Waals surface area (Å²) in [4.78, 5) is 11.6. The molecule has 1 heterocycles. The molecule has 0 bridgehead atoms. The van der Waals surface area contributed by atoms with Gasteiger partial charge in [0.25, 0.3) is 0 Å². The van der Waals surface area contributed by atoms with Crippen LogP contribution in [0.25, 0.3) is 0 Å². The summed E-state index contributed by atoms with van der Waals surface area (Å²) in [6.07, 6.45) is 1.65. The zero-order chi connectivity index (χ0) is 12.1. The Morgan fingerprint density at radius 2 is 2.25 bits per heavy atom. The van der Waals surface area contributed by atoms with Gasteiger partial charge in [-0.3, -0.25) is 9.48 Å². The molecule has 16 heavy (non-hydrogen) atoms. The van der Waals surface area contributed by atoms with Crippen molar-refractivity contribution in [1.29, 1.82) is 0 Å². The van der Waals surface area contributed by atoms with Crippen LogP contribution in [0.1, 0.15) is 24.1 Å². The van der Waals surface area contributed by atoms with Crippen LogP contribution in [0.2, 0.25) is 5.15 Å². The van der Waals surface area contributed by atoms with Gasteiger partial charge in [-0.2, -0.15) is 5.10 Å². The predicted molar refractivity (Wildman–Crippen MR) is 62.8 cm³/mol. The van der Waals surface area contributed by atoms with Crippen molar-refractivity contribution in [2.75, 3.05) is 13.7 Å². The molecular formula is C11H17ClN2O2. The number of aromatic nitrogens is 2. The number of hydrogen-bond acceptors (Lipinski definition) is 3. The third kappa shape index (κ3) is 3.32. The van der Waals surface area contributed by atoms with Crippen LogP contribution in [0.4, 0.5) is 0 Å². The number of methoxy groups -OCH3 is 1. The SMILES string of the molecule is COCCCC(=O)Cc1c(C)nn(C)c1Cl. The molecule has 90 valence electrons. The summed E-state index contributed by atoms with van der Waals surface area (Å²) in [5.41, 5.74) is 1.67. The van der Waals surface area contributed by atoms with Gasteiger partial charge < -0.3 is 4.74 Å². The van der Waals surface area contributed by atoms with Gasteiger partial charge in [0, 0.05) is 39.2 Å². The maximum absolute atomic E-state index is 11.6. The number of ether oxygens (including phenoxy) is 1. The van der Waals surface area contributed by atoms with Crippen molar-refractivity contribution in [3.05, 3.63) is 16.4 Å². The molecule has 0 amide bonds. The fourth-order valence-electron chi connectivity index (χ4n) is 1.57. The van der Waals surface area contributed by atoms with Crippen LogP contribution in [0.5, 0.6) is 0 Å². The van der Waals surface area contributed by atoms with Gasteiger partial charge in [0.2, 0.25) is 0 Å². The molecule has 1 aromatic rings. The predicted octanol–water partition coefficient (Wildman–Crippen LogP) is 1.92. The van der Waals surface area contributed by atoms with E-state index < -0.39 is 0 Å². The zero-order valence-corrected chi connectivity index (χ0v) is 10.7. The summed E-state index contributed by atoms with van der Waals surface area (Å²) < 4.78 is 6.49. The maximum atomic E-state index is 11.6. The molecule has 4 nitrogen and oxygen atoms in total. The van der Waals surface area contributed by atoms with E-state index in [4.69, 9.17) is 16.3 Å². The van der Waals surface area contributed by atoms with E-state index in [2.05, 4.69) is 5.10 Å². The molecule has 0 aliphatic heterocycles. The first-order chi connectivity index (χ1) is 7.56. The van der Waals surface area contributed by atoms with Crippen molar-refractivity contribution in [2.24, 2.45) is 7.05 Å². The monoisotopic (exact) mass is 244 g/mol. The van der Waals surface area contributed by atoms with Crippen molar-refractivity contribution in [1.82, 2.24) is 9.78 Å². The first kappa shape index (κ1) is 13.2. The molecule has 0 atom stereocenters.